The number of allylic oxidation sites excluding steroid dienone is 6. The van der Waals surface area contributed by atoms with E-state index < -0.39 is 6.10 Å². The lowest BCUT2D eigenvalue weighted by atomic mass is 10.0. The highest BCUT2D eigenvalue weighted by Crippen LogP contribution is 2.19. The minimum atomic E-state index is -0.779. The number of hydrogen-bond acceptors (Lipinski definition) is 6. The molecule has 0 rings (SSSR count). The quantitative estimate of drug-likeness (QED) is 0.0261. The standard InChI is InChI=1S/C74H138O6/c1-4-7-10-13-16-19-22-25-27-29-31-32-33-34-35-36-37-38-39-40-41-42-43-45-46-49-52-55-58-61-64-67-73(76)79-70-71(69-78-72(75)66-63-60-57-54-51-48-24-21-18-15-12-9-6-3)80-74(77)68-65-62-59-56-53-50-47-44-30-28-26-23-20-17-14-11-8-5-2/h12,15,21,24,28,30,71H,4-11,13-14,16-20,22-23,25-27,29,31-70H2,1-3H3/b15-12-,24-21-,30-28-. The molecule has 1 unspecified atom stereocenters. The molecule has 80 heavy (non-hydrogen) atoms. The van der Waals surface area contributed by atoms with E-state index in [1.807, 2.05) is 0 Å². The van der Waals surface area contributed by atoms with Gasteiger partial charge in [-0.3, -0.25) is 14.4 Å². The largest absolute Gasteiger partial charge is 0.462 e. The number of rotatable bonds is 67. The summed E-state index contributed by atoms with van der Waals surface area (Å²) in [5.74, 6) is -0.867. The number of carbonyl (C=O) groups is 3. The Morgan fingerprint density at radius 2 is 0.475 bits per heavy atom. The molecule has 0 radical (unpaired) electrons. The first kappa shape index (κ1) is 77.6. The number of carbonyl (C=O) groups excluding carboxylic acids is 3. The topological polar surface area (TPSA) is 78.9 Å². The fraction of sp³-hybridized carbons (Fsp3) is 0.878. The van der Waals surface area contributed by atoms with Crippen molar-refractivity contribution in [2.45, 2.75) is 406 Å². The lowest BCUT2D eigenvalue weighted by molar-refractivity contribution is -0.167. The van der Waals surface area contributed by atoms with Gasteiger partial charge in [-0.05, 0) is 70.6 Å². The minimum Gasteiger partial charge on any atom is -0.462 e. The summed E-state index contributed by atoms with van der Waals surface area (Å²) in [5, 5.41) is 0. The number of hydrogen-bond donors (Lipinski definition) is 0. The van der Waals surface area contributed by atoms with Gasteiger partial charge in [-0.2, -0.15) is 0 Å². The smallest absolute Gasteiger partial charge is 0.306 e. The van der Waals surface area contributed by atoms with Crippen LogP contribution in [0.15, 0.2) is 36.5 Å². The van der Waals surface area contributed by atoms with E-state index in [2.05, 4.69) is 57.2 Å². The molecule has 470 valence electrons. The summed E-state index contributed by atoms with van der Waals surface area (Å²) >= 11 is 0. The van der Waals surface area contributed by atoms with Crippen LogP contribution in [0, 0.1) is 0 Å². The Morgan fingerprint density at radius 1 is 0.250 bits per heavy atom. The van der Waals surface area contributed by atoms with E-state index in [1.165, 1.54) is 276 Å². The highest BCUT2D eigenvalue weighted by atomic mass is 16.6. The first-order chi connectivity index (χ1) is 39.5. The molecule has 0 aromatic heterocycles. The summed E-state index contributed by atoms with van der Waals surface area (Å²) < 4.78 is 17.0. The third kappa shape index (κ3) is 66.4. The average Bonchev–Trinajstić information content (AvgIpc) is 3.46. The van der Waals surface area contributed by atoms with Crippen LogP contribution in [0.1, 0.15) is 400 Å². The molecule has 0 aliphatic carbocycles. The van der Waals surface area contributed by atoms with Gasteiger partial charge in [0, 0.05) is 19.3 Å². The minimum absolute atomic E-state index is 0.0742. The zero-order valence-corrected chi connectivity index (χ0v) is 54.1. The summed E-state index contributed by atoms with van der Waals surface area (Å²) in [7, 11) is 0. The van der Waals surface area contributed by atoms with Crippen LogP contribution in [-0.2, 0) is 28.6 Å². The average molecular weight is 1120 g/mol. The van der Waals surface area contributed by atoms with Gasteiger partial charge in [0.2, 0.25) is 0 Å². The number of esters is 3. The van der Waals surface area contributed by atoms with E-state index >= 15 is 0 Å². The molecule has 0 saturated heterocycles. The first-order valence-corrected chi connectivity index (χ1v) is 36.0. The zero-order chi connectivity index (χ0) is 57.8. The summed E-state index contributed by atoms with van der Waals surface area (Å²) in [6, 6.07) is 0. The Morgan fingerprint density at radius 3 is 0.750 bits per heavy atom. The van der Waals surface area contributed by atoms with Crippen LogP contribution in [0.4, 0.5) is 0 Å². The second kappa shape index (κ2) is 69.1. The normalized spacial score (nSPS) is 12.2. The van der Waals surface area contributed by atoms with Gasteiger partial charge in [0.15, 0.2) is 6.10 Å². The van der Waals surface area contributed by atoms with Crippen LogP contribution < -0.4 is 0 Å². The Balaban J connectivity index is 4.14. The van der Waals surface area contributed by atoms with Crippen molar-refractivity contribution in [1.82, 2.24) is 0 Å². The second-order valence-electron chi connectivity index (χ2n) is 24.5. The number of unbranched alkanes of at least 4 members (excludes halogenated alkanes) is 50. The molecule has 1 atom stereocenters. The Hall–Kier alpha value is -2.37. The lowest BCUT2D eigenvalue weighted by Crippen LogP contribution is -2.30. The lowest BCUT2D eigenvalue weighted by Gasteiger charge is -2.18. The summed E-state index contributed by atoms with van der Waals surface area (Å²) in [6.45, 7) is 6.63. The van der Waals surface area contributed by atoms with Crippen molar-refractivity contribution < 1.29 is 28.6 Å². The fourth-order valence-electron chi connectivity index (χ4n) is 11.0. The molecule has 0 bridgehead atoms. The van der Waals surface area contributed by atoms with Crippen LogP contribution >= 0.6 is 0 Å². The van der Waals surface area contributed by atoms with Crippen molar-refractivity contribution in [3.05, 3.63) is 36.5 Å². The van der Waals surface area contributed by atoms with Crippen LogP contribution in [0.5, 0.6) is 0 Å². The predicted molar refractivity (Wildman–Crippen MR) is 349 cm³/mol. The van der Waals surface area contributed by atoms with Gasteiger partial charge >= 0.3 is 17.9 Å². The molecule has 0 saturated carbocycles. The molecule has 6 heteroatoms. The molecule has 0 spiro atoms. The van der Waals surface area contributed by atoms with Gasteiger partial charge in [0.25, 0.3) is 0 Å². The van der Waals surface area contributed by atoms with E-state index in [1.54, 1.807) is 0 Å². The SMILES string of the molecule is CCC/C=C\C/C=C\CCCCCCCC(=O)OCC(COC(=O)CCCCCCCCCCCCCCCCCCCCCCCCCCCCCCCCC)OC(=O)CCCCCCCCC/C=C\CCCCCCCCC. The van der Waals surface area contributed by atoms with Gasteiger partial charge in [0.05, 0.1) is 0 Å². The fourth-order valence-corrected chi connectivity index (χ4v) is 11.0. The van der Waals surface area contributed by atoms with Gasteiger partial charge < -0.3 is 14.2 Å². The van der Waals surface area contributed by atoms with Crippen molar-refractivity contribution in [3.63, 3.8) is 0 Å². The van der Waals surface area contributed by atoms with Crippen LogP contribution in [-0.4, -0.2) is 37.2 Å². The molecule has 0 heterocycles. The highest BCUT2D eigenvalue weighted by Gasteiger charge is 2.19. The highest BCUT2D eigenvalue weighted by molar-refractivity contribution is 5.71. The van der Waals surface area contributed by atoms with Gasteiger partial charge in [-0.15, -0.1) is 0 Å². The van der Waals surface area contributed by atoms with Gasteiger partial charge in [-0.1, -0.05) is 346 Å². The van der Waals surface area contributed by atoms with E-state index in [0.29, 0.717) is 19.3 Å². The van der Waals surface area contributed by atoms with Crippen LogP contribution in [0.25, 0.3) is 0 Å². The zero-order valence-electron chi connectivity index (χ0n) is 54.1. The third-order valence-electron chi connectivity index (χ3n) is 16.3. The van der Waals surface area contributed by atoms with Gasteiger partial charge in [-0.25, -0.2) is 0 Å². The molecule has 0 aromatic carbocycles. The van der Waals surface area contributed by atoms with E-state index in [4.69, 9.17) is 14.2 Å². The molecule has 0 aromatic rings. The number of ether oxygens (including phenoxy) is 3. The summed E-state index contributed by atoms with van der Waals surface area (Å²) in [5.41, 5.74) is 0. The molecular formula is C74H138O6. The van der Waals surface area contributed by atoms with Gasteiger partial charge in [0.1, 0.15) is 13.2 Å². The van der Waals surface area contributed by atoms with Crippen LogP contribution in [0.3, 0.4) is 0 Å². The van der Waals surface area contributed by atoms with Crippen molar-refractivity contribution in [2.24, 2.45) is 0 Å². The third-order valence-corrected chi connectivity index (χ3v) is 16.3. The molecule has 0 aliphatic heterocycles. The Kier molecular flexibility index (Phi) is 67.1. The maximum Gasteiger partial charge on any atom is 0.306 e. The van der Waals surface area contributed by atoms with Crippen molar-refractivity contribution in [3.8, 4) is 0 Å². The maximum atomic E-state index is 12.9. The van der Waals surface area contributed by atoms with E-state index in [9.17, 15) is 14.4 Å². The van der Waals surface area contributed by atoms with Crippen molar-refractivity contribution >= 4 is 17.9 Å². The monoisotopic (exact) mass is 1120 g/mol. The Bertz CT molecular complexity index is 1340. The second-order valence-corrected chi connectivity index (χ2v) is 24.5. The first-order valence-electron chi connectivity index (χ1n) is 36.0. The molecule has 0 aliphatic rings. The summed E-state index contributed by atoms with van der Waals surface area (Å²) in [4.78, 5) is 38.4. The molecular weight excluding hydrogens is 985 g/mol. The van der Waals surface area contributed by atoms with Crippen molar-refractivity contribution in [1.29, 1.82) is 0 Å². The Labute approximate surface area is 499 Å². The molecule has 0 N–H and O–H groups in total. The van der Waals surface area contributed by atoms with Crippen LogP contribution in [0.2, 0.25) is 0 Å². The molecule has 0 fully saturated rings. The van der Waals surface area contributed by atoms with E-state index in [0.717, 1.165) is 83.5 Å². The van der Waals surface area contributed by atoms with E-state index in [-0.39, 0.29) is 31.1 Å². The molecule has 0 amide bonds. The molecule has 6 nitrogen and oxygen atoms in total. The van der Waals surface area contributed by atoms with Crippen molar-refractivity contribution in [2.75, 3.05) is 13.2 Å². The predicted octanol–water partition coefficient (Wildman–Crippen LogP) is 24.7. The summed E-state index contributed by atoms with van der Waals surface area (Å²) in [6.07, 6.45) is 86.2. The maximum absolute atomic E-state index is 12.9.